The van der Waals surface area contributed by atoms with Crippen LogP contribution >= 0.6 is 0 Å². The van der Waals surface area contributed by atoms with Crippen LogP contribution in [0, 0.1) is 11.3 Å². The summed E-state index contributed by atoms with van der Waals surface area (Å²) in [7, 11) is 1.41. The number of hydrogen-bond acceptors (Lipinski definition) is 7. The van der Waals surface area contributed by atoms with Crippen molar-refractivity contribution in [1.82, 2.24) is 25.5 Å². The van der Waals surface area contributed by atoms with Crippen LogP contribution in [0.1, 0.15) is 83.0 Å². The van der Waals surface area contributed by atoms with E-state index in [-0.39, 0.29) is 36.4 Å². The summed E-state index contributed by atoms with van der Waals surface area (Å²) < 4.78 is 10.2. The van der Waals surface area contributed by atoms with Gasteiger partial charge in [-0.25, -0.2) is 14.6 Å². The summed E-state index contributed by atoms with van der Waals surface area (Å²) in [5, 5.41) is 7.83. The number of imidazole rings is 1. The van der Waals surface area contributed by atoms with Crippen LogP contribution in [0.3, 0.4) is 0 Å². The molecule has 3 N–H and O–H groups in total. The van der Waals surface area contributed by atoms with Crippen molar-refractivity contribution in [3.63, 3.8) is 0 Å². The first kappa shape index (κ1) is 35.1. The zero-order valence-corrected chi connectivity index (χ0v) is 30.1. The summed E-state index contributed by atoms with van der Waals surface area (Å²) >= 11 is 0. The number of methoxy groups -OCH3 is 1. The van der Waals surface area contributed by atoms with Gasteiger partial charge in [-0.3, -0.25) is 9.69 Å². The van der Waals surface area contributed by atoms with E-state index in [0.717, 1.165) is 51.9 Å². The number of nitrogens with zero attached hydrogens (tertiary/aromatic N) is 2. The highest BCUT2D eigenvalue weighted by molar-refractivity contribution is 5.99. The first-order valence-corrected chi connectivity index (χ1v) is 17.5. The number of hydrogen-bond donors (Lipinski definition) is 3. The molecule has 1 unspecified atom stereocenters. The highest BCUT2D eigenvalue weighted by Crippen LogP contribution is 2.59. The van der Waals surface area contributed by atoms with Crippen LogP contribution in [0.15, 0.2) is 66.9 Å². The van der Waals surface area contributed by atoms with Gasteiger partial charge in [0.05, 0.1) is 31.6 Å². The Hall–Kier alpha value is -4.70. The number of Topliss-reactive ketones (excluding diaryl/α,β-unsaturated/α-hetero) is 1. The lowest BCUT2D eigenvalue weighted by molar-refractivity contribution is 0.0520. The lowest BCUT2D eigenvalue weighted by atomic mass is 9.96. The molecule has 0 bridgehead atoms. The molecule has 50 heavy (non-hydrogen) atoms. The van der Waals surface area contributed by atoms with E-state index in [1.165, 1.54) is 20.0 Å². The largest absolute Gasteiger partial charge is 0.453 e. The van der Waals surface area contributed by atoms with E-state index in [4.69, 9.17) is 14.5 Å². The Balaban J connectivity index is 1.15. The van der Waals surface area contributed by atoms with Crippen molar-refractivity contribution in [3.05, 3.63) is 78.2 Å². The number of benzene rings is 3. The summed E-state index contributed by atoms with van der Waals surface area (Å²) in [6.07, 6.45) is 4.46. The number of ketones is 1. The fourth-order valence-corrected chi connectivity index (χ4v) is 7.22. The quantitative estimate of drug-likeness (QED) is 0.146. The third kappa shape index (κ3) is 7.86. The van der Waals surface area contributed by atoms with Gasteiger partial charge in [0.15, 0.2) is 5.78 Å². The highest BCUT2D eigenvalue weighted by atomic mass is 16.6. The Morgan fingerprint density at radius 2 is 1.58 bits per heavy atom. The standard InChI is InChI=1S/C40H49N5O5/c1-24(2)35(44-38(48)49-7)25(3)45-23-40(16-17-40)20-33(45)36-41-21-32(43-36)31-15-14-29-18-28(12-13-30(29)19-31)26-8-10-27(11-9-26)34(46)22-42-37(47)50-39(4,5)6/h8-15,18-19,21,24-25,33,35H,16-17,20,22-23H2,1-7H3,(H,41,43)(H,42,47)(H,44,48)/t25?,33-,35-/m0/s1. The van der Waals surface area contributed by atoms with E-state index < -0.39 is 17.8 Å². The molecule has 0 radical (unpaired) electrons. The Bertz CT molecular complexity index is 1870. The topological polar surface area (TPSA) is 126 Å². The smallest absolute Gasteiger partial charge is 0.408 e. The summed E-state index contributed by atoms with van der Waals surface area (Å²) in [6, 6.07) is 20.4. The fraction of sp³-hybridized carbons (Fsp3) is 0.450. The maximum Gasteiger partial charge on any atom is 0.408 e. The monoisotopic (exact) mass is 679 g/mol. The third-order valence-corrected chi connectivity index (χ3v) is 10.1. The van der Waals surface area contributed by atoms with Gasteiger partial charge in [-0.2, -0.15) is 0 Å². The number of aromatic nitrogens is 2. The first-order valence-electron chi connectivity index (χ1n) is 17.5. The van der Waals surface area contributed by atoms with Gasteiger partial charge in [0.2, 0.25) is 0 Å². The fourth-order valence-electron chi connectivity index (χ4n) is 7.22. The number of carbonyl (C=O) groups excluding carboxylic acids is 3. The van der Waals surface area contributed by atoms with Gasteiger partial charge in [0, 0.05) is 29.8 Å². The van der Waals surface area contributed by atoms with Crippen molar-refractivity contribution in [2.45, 2.75) is 84.5 Å². The summed E-state index contributed by atoms with van der Waals surface area (Å²) in [6.45, 7) is 12.7. The summed E-state index contributed by atoms with van der Waals surface area (Å²) in [5.41, 5.74) is 4.33. The molecule has 2 fully saturated rings. The number of ether oxygens (including phenoxy) is 2. The Morgan fingerprint density at radius 1 is 0.940 bits per heavy atom. The number of rotatable bonds is 10. The molecule has 1 aliphatic carbocycles. The minimum absolute atomic E-state index is 0.0489. The maximum atomic E-state index is 12.6. The van der Waals surface area contributed by atoms with Gasteiger partial charge in [0.1, 0.15) is 11.4 Å². The highest BCUT2D eigenvalue weighted by Gasteiger charge is 2.54. The van der Waals surface area contributed by atoms with E-state index in [0.29, 0.717) is 11.0 Å². The van der Waals surface area contributed by atoms with Crippen molar-refractivity contribution < 1.29 is 23.9 Å². The second-order valence-electron chi connectivity index (χ2n) is 15.4. The van der Waals surface area contributed by atoms with Crippen molar-refractivity contribution in [2.24, 2.45) is 11.3 Å². The van der Waals surface area contributed by atoms with Crippen molar-refractivity contribution in [1.29, 1.82) is 0 Å². The molecule has 6 rings (SSSR count). The minimum atomic E-state index is -0.625. The van der Waals surface area contributed by atoms with Gasteiger partial charge < -0.3 is 25.1 Å². The van der Waals surface area contributed by atoms with Crippen molar-refractivity contribution >= 4 is 28.7 Å². The van der Waals surface area contributed by atoms with Gasteiger partial charge in [-0.15, -0.1) is 0 Å². The molecule has 1 aliphatic heterocycles. The lowest BCUT2D eigenvalue weighted by Crippen LogP contribution is -2.53. The maximum absolute atomic E-state index is 12.6. The molecule has 1 spiro atoms. The second kappa shape index (κ2) is 13.9. The Labute approximate surface area is 294 Å². The number of amides is 2. The lowest BCUT2D eigenvalue weighted by Gasteiger charge is -2.37. The number of nitrogens with one attached hydrogen (secondary N) is 3. The Morgan fingerprint density at radius 3 is 2.20 bits per heavy atom. The summed E-state index contributed by atoms with van der Waals surface area (Å²) in [4.78, 5) is 47.8. The van der Waals surface area contributed by atoms with E-state index in [1.54, 1.807) is 32.9 Å². The number of carbonyl (C=O) groups is 3. The molecule has 1 saturated heterocycles. The van der Waals surface area contributed by atoms with Gasteiger partial charge in [-0.1, -0.05) is 62.4 Å². The molecule has 2 amide bonds. The normalized spacial score (nSPS) is 18.2. The van der Waals surface area contributed by atoms with Gasteiger partial charge in [-0.05, 0) is 92.3 Å². The molecular weight excluding hydrogens is 630 g/mol. The number of aromatic amines is 1. The van der Waals surface area contributed by atoms with E-state index in [1.807, 2.05) is 18.3 Å². The van der Waals surface area contributed by atoms with Crippen molar-refractivity contribution in [2.75, 3.05) is 20.2 Å². The average molecular weight is 680 g/mol. The second-order valence-corrected chi connectivity index (χ2v) is 15.4. The zero-order chi connectivity index (χ0) is 35.8. The molecular formula is C40H49N5O5. The molecule has 10 heteroatoms. The molecule has 2 heterocycles. The zero-order valence-electron chi connectivity index (χ0n) is 30.1. The number of likely N-dealkylation sites (tertiary alicyclic amines) is 1. The SMILES string of the molecule is COC(=O)N[C@@H](C(C)C)C(C)N1CC2(CC2)C[C@H]1c1ncc(-c2ccc3cc(-c4ccc(C(=O)CNC(=O)OC(C)(C)C)cc4)ccc3c2)[nH]1. The number of H-pyrrole nitrogens is 1. The van der Waals surface area contributed by atoms with Gasteiger partial charge in [0.25, 0.3) is 0 Å². The van der Waals surface area contributed by atoms with E-state index in [2.05, 4.69) is 77.7 Å². The molecule has 264 valence electrons. The molecule has 1 aromatic heterocycles. The molecule has 3 atom stereocenters. The molecule has 3 aromatic carbocycles. The average Bonchev–Trinajstić information content (AvgIpc) is 3.47. The predicted octanol–water partition coefficient (Wildman–Crippen LogP) is 7.90. The van der Waals surface area contributed by atoms with E-state index >= 15 is 0 Å². The summed E-state index contributed by atoms with van der Waals surface area (Å²) in [5.74, 6) is 1.02. The van der Waals surface area contributed by atoms with Crippen molar-refractivity contribution in [3.8, 4) is 22.4 Å². The van der Waals surface area contributed by atoms with Crippen LogP contribution in [0.25, 0.3) is 33.2 Å². The van der Waals surface area contributed by atoms with Crippen LogP contribution < -0.4 is 10.6 Å². The molecule has 2 aliphatic rings. The van der Waals surface area contributed by atoms with Gasteiger partial charge >= 0.3 is 12.2 Å². The van der Waals surface area contributed by atoms with Crippen LogP contribution in [-0.4, -0.2) is 70.7 Å². The van der Waals surface area contributed by atoms with Crippen LogP contribution in [0.2, 0.25) is 0 Å². The van der Waals surface area contributed by atoms with E-state index in [9.17, 15) is 14.4 Å². The third-order valence-electron chi connectivity index (χ3n) is 10.1. The molecule has 1 saturated carbocycles. The molecule has 4 aromatic rings. The number of alkyl carbamates (subject to hydrolysis) is 2. The molecule has 10 nitrogen and oxygen atoms in total. The Kier molecular flexibility index (Phi) is 9.77. The predicted molar refractivity (Wildman–Crippen MR) is 195 cm³/mol. The van der Waals surface area contributed by atoms with Crippen LogP contribution in [0.4, 0.5) is 9.59 Å². The van der Waals surface area contributed by atoms with Crippen LogP contribution in [0.5, 0.6) is 0 Å². The van der Waals surface area contributed by atoms with Crippen LogP contribution in [-0.2, 0) is 9.47 Å². The number of fused-ring (bicyclic) bond motifs is 1. The minimum Gasteiger partial charge on any atom is -0.453 e. The first-order chi connectivity index (χ1) is 23.7.